The van der Waals surface area contributed by atoms with Crippen LogP contribution >= 0.6 is 0 Å². The molecule has 1 aliphatic carbocycles. The first-order valence-corrected chi connectivity index (χ1v) is 6.38. The Labute approximate surface area is 103 Å². The Morgan fingerprint density at radius 3 is 2.71 bits per heavy atom. The molecule has 0 heterocycles. The fourth-order valence-electron chi connectivity index (χ4n) is 2.08. The Morgan fingerprint density at radius 2 is 2.12 bits per heavy atom. The predicted octanol–water partition coefficient (Wildman–Crippen LogP) is 2.31. The van der Waals surface area contributed by atoms with Crippen LogP contribution in [0.4, 0.5) is 0 Å². The number of esters is 1. The van der Waals surface area contributed by atoms with E-state index >= 15 is 0 Å². The highest BCUT2D eigenvalue weighted by Gasteiger charge is 2.33. The average molecular weight is 242 g/mol. The Morgan fingerprint density at radius 1 is 1.41 bits per heavy atom. The predicted molar refractivity (Wildman–Crippen MR) is 63.3 cm³/mol. The zero-order valence-corrected chi connectivity index (χ0v) is 10.8. The number of ether oxygens (including phenoxy) is 2. The molecule has 0 aromatic carbocycles. The molecule has 1 fully saturated rings. The van der Waals surface area contributed by atoms with Gasteiger partial charge in [0.25, 0.3) is 6.47 Å². The summed E-state index contributed by atoms with van der Waals surface area (Å²) in [4.78, 5) is 22.1. The SMILES string of the molecule is CCC(C)C(=O)OC1CCC(C)CC1OC=O. The second-order valence-electron chi connectivity index (χ2n) is 4.97. The van der Waals surface area contributed by atoms with Crippen LogP contribution in [0.3, 0.4) is 0 Å². The molecule has 1 saturated carbocycles. The molecule has 1 aliphatic rings. The summed E-state index contributed by atoms with van der Waals surface area (Å²) in [6.45, 7) is 6.37. The zero-order valence-electron chi connectivity index (χ0n) is 10.8. The van der Waals surface area contributed by atoms with E-state index in [4.69, 9.17) is 9.47 Å². The number of hydrogen-bond acceptors (Lipinski definition) is 4. The first-order chi connectivity index (χ1) is 8.08. The molecule has 0 N–H and O–H groups in total. The fraction of sp³-hybridized carbons (Fsp3) is 0.846. The molecule has 0 bridgehead atoms. The van der Waals surface area contributed by atoms with Crippen molar-refractivity contribution in [3.8, 4) is 0 Å². The molecular formula is C13H22O4. The largest absolute Gasteiger partial charge is 0.461 e. The van der Waals surface area contributed by atoms with E-state index in [0.717, 1.165) is 25.7 Å². The third-order valence-electron chi connectivity index (χ3n) is 3.51. The van der Waals surface area contributed by atoms with Gasteiger partial charge in [-0.05, 0) is 31.6 Å². The van der Waals surface area contributed by atoms with E-state index in [1.165, 1.54) is 0 Å². The summed E-state index contributed by atoms with van der Waals surface area (Å²) >= 11 is 0. The highest BCUT2D eigenvalue weighted by molar-refractivity contribution is 5.72. The monoisotopic (exact) mass is 242 g/mol. The van der Waals surface area contributed by atoms with Crippen LogP contribution in [-0.4, -0.2) is 24.6 Å². The van der Waals surface area contributed by atoms with E-state index in [1.54, 1.807) is 0 Å². The minimum absolute atomic E-state index is 0.0915. The van der Waals surface area contributed by atoms with Gasteiger partial charge < -0.3 is 9.47 Å². The van der Waals surface area contributed by atoms with E-state index in [0.29, 0.717) is 12.4 Å². The van der Waals surface area contributed by atoms with E-state index in [1.807, 2.05) is 13.8 Å². The van der Waals surface area contributed by atoms with Crippen molar-refractivity contribution < 1.29 is 19.1 Å². The molecule has 4 atom stereocenters. The molecule has 17 heavy (non-hydrogen) atoms. The van der Waals surface area contributed by atoms with Gasteiger partial charge in [0.2, 0.25) is 0 Å². The first kappa shape index (κ1) is 14.0. The van der Waals surface area contributed by atoms with Crippen molar-refractivity contribution in [2.75, 3.05) is 0 Å². The second kappa shape index (κ2) is 6.62. The van der Waals surface area contributed by atoms with Crippen molar-refractivity contribution in [1.82, 2.24) is 0 Å². The molecule has 98 valence electrons. The minimum atomic E-state index is -0.274. The molecular weight excluding hydrogens is 220 g/mol. The van der Waals surface area contributed by atoms with Gasteiger partial charge in [0.1, 0.15) is 12.2 Å². The molecule has 0 aromatic heterocycles. The quantitative estimate of drug-likeness (QED) is 0.548. The van der Waals surface area contributed by atoms with Crippen molar-refractivity contribution in [3.63, 3.8) is 0 Å². The van der Waals surface area contributed by atoms with E-state index in [-0.39, 0.29) is 24.1 Å². The smallest absolute Gasteiger partial charge is 0.309 e. The molecule has 4 nitrogen and oxygen atoms in total. The molecule has 0 saturated heterocycles. The summed E-state index contributed by atoms with van der Waals surface area (Å²) < 4.78 is 10.5. The van der Waals surface area contributed by atoms with Crippen molar-refractivity contribution >= 4 is 12.4 Å². The average Bonchev–Trinajstić information content (AvgIpc) is 2.31. The van der Waals surface area contributed by atoms with Crippen LogP contribution < -0.4 is 0 Å². The summed E-state index contributed by atoms with van der Waals surface area (Å²) in [5, 5.41) is 0. The summed E-state index contributed by atoms with van der Waals surface area (Å²) in [5.74, 6) is 0.233. The van der Waals surface area contributed by atoms with Gasteiger partial charge in [-0.1, -0.05) is 20.8 Å². The van der Waals surface area contributed by atoms with Gasteiger partial charge in [-0.25, -0.2) is 0 Å². The highest BCUT2D eigenvalue weighted by atomic mass is 16.6. The summed E-state index contributed by atoms with van der Waals surface area (Å²) in [6.07, 6.45) is 2.79. The highest BCUT2D eigenvalue weighted by Crippen LogP contribution is 2.28. The number of hydrogen-bond donors (Lipinski definition) is 0. The summed E-state index contributed by atoms with van der Waals surface area (Å²) in [5.41, 5.74) is 0. The van der Waals surface area contributed by atoms with Crippen LogP contribution in [0.5, 0.6) is 0 Å². The topological polar surface area (TPSA) is 52.6 Å². The normalized spacial score (nSPS) is 30.4. The van der Waals surface area contributed by atoms with E-state index in [9.17, 15) is 9.59 Å². The van der Waals surface area contributed by atoms with Crippen LogP contribution in [0.1, 0.15) is 46.5 Å². The van der Waals surface area contributed by atoms with Crippen LogP contribution in [0, 0.1) is 11.8 Å². The van der Waals surface area contributed by atoms with Gasteiger partial charge in [-0.15, -0.1) is 0 Å². The van der Waals surface area contributed by atoms with Crippen LogP contribution in [0.25, 0.3) is 0 Å². The number of carbonyl (C=O) groups is 2. The lowest BCUT2D eigenvalue weighted by Crippen LogP contribution is -2.39. The van der Waals surface area contributed by atoms with Crippen molar-refractivity contribution in [2.45, 2.75) is 58.7 Å². The van der Waals surface area contributed by atoms with Crippen LogP contribution in [-0.2, 0) is 19.1 Å². The maximum absolute atomic E-state index is 11.7. The second-order valence-corrected chi connectivity index (χ2v) is 4.97. The van der Waals surface area contributed by atoms with Crippen molar-refractivity contribution in [2.24, 2.45) is 11.8 Å². The Hall–Kier alpha value is -1.06. The Bertz CT molecular complexity index is 264. The lowest BCUT2D eigenvalue weighted by Gasteiger charge is -2.33. The van der Waals surface area contributed by atoms with Gasteiger partial charge in [0, 0.05) is 0 Å². The standard InChI is InChI=1S/C13H22O4/c1-4-10(3)13(15)17-11-6-5-9(2)7-12(11)16-8-14/h8-12H,4-7H2,1-3H3. The molecule has 1 rings (SSSR count). The molecule has 0 spiro atoms. The molecule has 0 radical (unpaired) electrons. The molecule has 4 unspecified atom stereocenters. The van der Waals surface area contributed by atoms with Gasteiger partial charge in [0.15, 0.2) is 0 Å². The summed E-state index contributed by atoms with van der Waals surface area (Å²) in [6, 6.07) is 0. The first-order valence-electron chi connectivity index (χ1n) is 6.38. The maximum atomic E-state index is 11.7. The lowest BCUT2D eigenvalue weighted by atomic mass is 9.86. The van der Waals surface area contributed by atoms with Gasteiger partial charge >= 0.3 is 5.97 Å². The zero-order chi connectivity index (χ0) is 12.8. The lowest BCUT2D eigenvalue weighted by molar-refractivity contribution is -0.169. The van der Waals surface area contributed by atoms with Crippen molar-refractivity contribution in [3.05, 3.63) is 0 Å². The van der Waals surface area contributed by atoms with Crippen molar-refractivity contribution in [1.29, 1.82) is 0 Å². The van der Waals surface area contributed by atoms with Crippen LogP contribution in [0.15, 0.2) is 0 Å². The van der Waals surface area contributed by atoms with E-state index < -0.39 is 0 Å². The molecule has 0 amide bonds. The Kier molecular flexibility index (Phi) is 5.45. The van der Waals surface area contributed by atoms with Gasteiger partial charge in [-0.2, -0.15) is 0 Å². The number of rotatable bonds is 5. The molecule has 4 heteroatoms. The van der Waals surface area contributed by atoms with Crippen LogP contribution in [0.2, 0.25) is 0 Å². The molecule has 0 aliphatic heterocycles. The third-order valence-corrected chi connectivity index (χ3v) is 3.51. The maximum Gasteiger partial charge on any atom is 0.309 e. The Balaban J connectivity index is 2.54. The summed E-state index contributed by atoms with van der Waals surface area (Å²) in [7, 11) is 0. The minimum Gasteiger partial charge on any atom is -0.461 e. The third kappa shape index (κ3) is 4.02. The van der Waals surface area contributed by atoms with Gasteiger partial charge in [0.05, 0.1) is 5.92 Å². The van der Waals surface area contributed by atoms with E-state index in [2.05, 4.69) is 6.92 Å². The molecule has 0 aromatic rings. The number of carbonyl (C=O) groups excluding carboxylic acids is 2. The van der Waals surface area contributed by atoms with Gasteiger partial charge in [-0.3, -0.25) is 9.59 Å². The fourth-order valence-corrected chi connectivity index (χ4v) is 2.08.